The molecule has 2 aromatic heterocycles. The molecule has 0 saturated carbocycles. The summed E-state index contributed by atoms with van der Waals surface area (Å²) >= 11 is 0. The van der Waals surface area contributed by atoms with Gasteiger partial charge < -0.3 is 26.6 Å². The first kappa shape index (κ1) is 19.1. The van der Waals surface area contributed by atoms with Crippen LogP contribution in [0.15, 0.2) is 42.7 Å². The Morgan fingerprint density at radius 2 is 1.96 bits per heavy atom. The molecule has 0 bridgehead atoms. The average molecular weight is 381 g/mol. The first-order valence-electron chi connectivity index (χ1n) is 8.40. The van der Waals surface area contributed by atoms with E-state index >= 15 is 0 Å². The fourth-order valence-corrected chi connectivity index (χ4v) is 2.81. The number of hydrogen-bond donors (Lipinski definition) is 4. The van der Waals surface area contributed by atoms with Crippen LogP contribution in [0, 0.1) is 6.92 Å². The van der Waals surface area contributed by atoms with Gasteiger partial charge in [-0.1, -0.05) is 6.07 Å². The van der Waals surface area contributed by atoms with Crippen LogP contribution < -0.4 is 21.5 Å². The zero-order valence-corrected chi connectivity index (χ0v) is 15.0. The molecular formula is C19H19N5O4. The normalized spacial score (nSPS) is 11.8. The van der Waals surface area contributed by atoms with E-state index in [2.05, 4.69) is 15.3 Å². The van der Waals surface area contributed by atoms with Gasteiger partial charge in [-0.15, -0.1) is 0 Å². The number of nitrogens with two attached hydrogens (primary N) is 2. The van der Waals surface area contributed by atoms with Gasteiger partial charge in [0.1, 0.15) is 24.1 Å². The number of nitrogens with one attached hydrogen (secondary N) is 1. The van der Waals surface area contributed by atoms with Crippen LogP contribution in [0.1, 0.15) is 26.4 Å². The maximum Gasteiger partial charge on any atom is 0.339 e. The van der Waals surface area contributed by atoms with Crippen LogP contribution in [-0.4, -0.2) is 39.7 Å². The molecule has 0 aliphatic carbocycles. The Kier molecular flexibility index (Phi) is 5.37. The second kappa shape index (κ2) is 7.89. The number of carboxylic acids is 1. The molecule has 0 saturated heterocycles. The van der Waals surface area contributed by atoms with Crippen molar-refractivity contribution in [3.8, 4) is 5.75 Å². The molecule has 1 amide bonds. The first-order valence-corrected chi connectivity index (χ1v) is 8.40. The van der Waals surface area contributed by atoms with E-state index in [9.17, 15) is 14.7 Å². The van der Waals surface area contributed by atoms with Crippen LogP contribution >= 0.6 is 0 Å². The number of nitrogen functional groups attached to an aromatic ring is 1. The minimum atomic E-state index is -1.17. The van der Waals surface area contributed by atoms with E-state index in [4.69, 9.17) is 16.2 Å². The minimum Gasteiger partial charge on any atom is -0.489 e. The number of amides is 1. The van der Waals surface area contributed by atoms with E-state index in [0.29, 0.717) is 27.9 Å². The van der Waals surface area contributed by atoms with Crippen molar-refractivity contribution in [2.24, 2.45) is 5.73 Å². The zero-order chi connectivity index (χ0) is 20.3. The third-order valence-corrected chi connectivity index (χ3v) is 4.08. The molecule has 3 rings (SSSR count). The highest BCUT2D eigenvalue weighted by Gasteiger charge is 2.19. The van der Waals surface area contributed by atoms with E-state index in [-0.39, 0.29) is 23.8 Å². The highest BCUT2D eigenvalue weighted by molar-refractivity contribution is 6.06. The summed E-state index contributed by atoms with van der Waals surface area (Å²) in [5, 5.41) is 12.4. The van der Waals surface area contributed by atoms with Crippen LogP contribution in [0.5, 0.6) is 5.75 Å². The van der Waals surface area contributed by atoms with Gasteiger partial charge in [-0.2, -0.15) is 0 Å². The van der Waals surface area contributed by atoms with Gasteiger partial charge in [-0.05, 0) is 31.2 Å². The highest BCUT2D eigenvalue weighted by Crippen LogP contribution is 2.33. The van der Waals surface area contributed by atoms with Gasteiger partial charge in [-0.3, -0.25) is 14.8 Å². The molecule has 3 aromatic rings. The van der Waals surface area contributed by atoms with E-state index in [0.717, 1.165) is 0 Å². The molecule has 1 atom stereocenters. The lowest BCUT2D eigenvalue weighted by Gasteiger charge is -2.17. The number of aryl methyl sites for hydroxylation is 1. The summed E-state index contributed by atoms with van der Waals surface area (Å²) in [6.45, 7) is 1.53. The molecule has 0 unspecified atom stereocenters. The number of carbonyl (C=O) groups is 2. The quantitative estimate of drug-likeness (QED) is 0.466. The number of pyridine rings is 2. The summed E-state index contributed by atoms with van der Waals surface area (Å²) in [5.74, 6) is -1.19. The Hall–Kier alpha value is -3.72. The predicted molar refractivity (Wildman–Crippen MR) is 103 cm³/mol. The Balaban J connectivity index is 1.80. The van der Waals surface area contributed by atoms with Gasteiger partial charge in [0, 0.05) is 18.0 Å². The van der Waals surface area contributed by atoms with Crippen molar-refractivity contribution in [3.05, 3.63) is 59.5 Å². The van der Waals surface area contributed by atoms with Crippen molar-refractivity contribution in [2.75, 3.05) is 12.3 Å². The topological polar surface area (TPSA) is 153 Å². The number of carboxylic acid groups (broad SMARTS) is 1. The molecule has 0 aliphatic heterocycles. The van der Waals surface area contributed by atoms with Gasteiger partial charge in [0.2, 0.25) is 0 Å². The summed E-state index contributed by atoms with van der Waals surface area (Å²) in [6.07, 6.45) is 2.21. The Morgan fingerprint density at radius 1 is 1.25 bits per heavy atom. The van der Waals surface area contributed by atoms with Crippen LogP contribution in [0.3, 0.4) is 0 Å². The number of rotatable bonds is 6. The number of fused-ring (bicyclic) bond motifs is 1. The van der Waals surface area contributed by atoms with Crippen LogP contribution in [0.2, 0.25) is 0 Å². The summed E-state index contributed by atoms with van der Waals surface area (Å²) in [4.78, 5) is 31.7. The number of hydrogen-bond acceptors (Lipinski definition) is 7. The van der Waals surface area contributed by atoms with Crippen molar-refractivity contribution in [1.82, 2.24) is 15.3 Å². The lowest BCUT2D eigenvalue weighted by Crippen LogP contribution is -2.45. The lowest BCUT2D eigenvalue weighted by atomic mass is 10.1. The summed E-state index contributed by atoms with van der Waals surface area (Å²) < 4.78 is 5.71. The van der Waals surface area contributed by atoms with Gasteiger partial charge >= 0.3 is 5.97 Å². The van der Waals surface area contributed by atoms with Crippen LogP contribution in [-0.2, 0) is 0 Å². The molecule has 2 heterocycles. The molecule has 28 heavy (non-hydrogen) atoms. The molecule has 9 heteroatoms. The Labute approximate surface area is 160 Å². The molecule has 1 aromatic carbocycles. The van der Waals surface area contributed by atoms with Crippen LogP contribution in [0.25, 0.3) is 10.9 Å². The third kappa shape index (κ3) is 3.84. The number of aromatic carboxylic acids is 1. The monoisotopic (exact) mass is 381 g/mol. The summed E-state index contributed by atoms with van der Waals surface area (Å²) in [6, 6.07) is 8.19. The van der Waals surface area contributed by atoms with Gasteiger partial charge in [-0.25, -0.2) is 4.79 Å². The second-order valence-electron chi connectivity index (χ2n) is 6.07. The predicted octanol–water partition coefficient (Wildman–Crippen LogP) is 1.31. The van der Waals surface area contributed by atoms with Crippen molar-refractivity contribution in [3.63, 3.8) is 0 Å². The SMILES string of the molecule is Cc1nc2cccc(OC[C@H](N)NC(=O)c3ccncc3)c2c(N)c1C(=O)O. The summed E-state index contributed by atoms with van der Waals surface area (Å²) in [5.41, 5.74) is 13.3. The van der Waals surface area contributed by atoms with Crippen molar-refractivity contribution in [2.45, 2.75) is 13.1 Å². The van der Waals surface area contributed by atoms with E-state index in [1.165, 1.54) is 12.4 Å². The zero-order valence-electron chi connectivity index (χ0n) is 15.0. The summed E-state index contributed by atoms with van der Waals surface area (Å²) in [7, 11) is 0. The van der Waals surface area contributed by atoms with Gasteiger partial charge in [0.25, 0.3) is 5.91 Å². The molecule has 144 valence electrons. The Bertz CT molecular complexity index is 1040. The minimum absolute atomic E-state index is 0.0499. The molecule has 0 fully saturated rings. The van der Waals surface area contributed by atoms with E-state index in [1.807, 2.05) is 0 Å². The van der Waals surface area contributed by atoms with Crippen molar-refractivity contribution < 1.29 is 19.4 Å². The lowest BCUT2D eigenvalue weighted by molar-refractivity contribution is 0.0696. The molecule has 9 nitrogen and oxygen atoms in total. The number of anilines is 1. The van der Waals surface area contributed by atoms with Crippen LogP contribution in [0.4, 0.5) is 5.69 Å². The fourth-order valence-electron chi connectivity index (χ4n) is 2.81. The largest absolute Gasteiger partial charge is 0.489 e. The smallest absolute Gasteiger partial charge is 0.339 e. The maximum atomic E-state index is 12.1. The standard InChI is InChI=1S/C19H19N5O4/c1-10-15(19(26)27)17(21)16-12(23-10)3-2-4-13(16)28-9-14(20)24-18(25)11-5-7-22-8-6-11/h2-8,14H,9,20H2,1H3,(H2,21,23)(H,24,25)(H,26,27)/t14-/m1/s1. The third-order valence-electron chi connectivity index (χ3n) is 4.08. The number of aromatic nitrogens is 2. The molecule has 0 radical (unpaired) electrons. The van der Waals surface area contributed by atoms with Gasteiger partial charge in [0.05, 0.1) is 22.3 Å². The molecule has 0 spiro atoms. The van der Waals surface area contributed by atoms with Crippen molar-refractivity contribution >= 4 is 28.5 Å². The van der Waals surface area contributed by atoms with Gasteiger partial charge in [0.15, 0.2) is 0 Å². The Morgan fingerprint density at radius 3 is 2.64 bits per heavy atom. The molecule has 0 aliphatic rings. The molecular weight excluding hydrogens is 362 g/mol. The van der Waals surface area contributed by atoms with Crippen molar-refractivity contribution in [1.29, 1.82) is 0 Å². The number of benzene rings is 1. The molecule has 6 N–H and O–H groups in total. The number of carbonyl (C=O) groups excluding carboxylic acids is 1. The number of nitrogens with zero attached hydrogens (tertiary/aromatic N) is 2. The number of ether oxygens (including phenoxy) is 1. The van der Waals surface area contributed by atoms with E-state index in [1.54, 1.807) is 37.3 Å². The fraction of sp³-hybridized carbons (Fsp3) is 0.158. The second-order valence-corrected chi connectivity index (χ2v) is 6.07. The first-order chi connectivity index (χ1) is 13.4. The maximum absolute atomic E-state index is 12.1. The highest BCUT2D eigenvalue weighted by atomic mass is 16.5. The average Bonchev–Trinajstić information content (AvgIpc) is 2.66. The van der Waals surface area contributed by atoms with E-state index < -0.39 is 12.1 Å².